The second kappa shape index (κ2) is 8.97. The molecule has 2 aromatic carbocycles. The molecular formula is C20H26N2O3. The number of ether oxygens (including phenoxy) is 2. The van der Waals surface area contributed by atoms with Crippen molar-refractivity contribution in [2.45, 2.75) is 26.8 Å². The Morgan fingerprint density at radius 2 is 1.72 bits per heavy atom. The Morgan fingerprint density at radius 1 is 0.960 bits per heavy atom. The molecule has 2 aromatic rings. The van der Waals surface area contributed by atoms with E-state index in [1.807, 2.05) is 18.2 Å². The molecular weight excluding hydrogens is 316 g/mol. The summed E-state index contributed by atoms with van der Waals surface area (Å²) < 4.78 is 10.5. The van der Waals surface area contributed by atoms with Crippen LogP contribution in [0.3, 0.4) is 0 Å². The zero-order valence-corrected chi connectivity index (χ0v) is 15.3. The maximum atomic E-state index is 11.9. The quantitative estimate of drug-likeness (QED) is 0.811. The van der Waals surface area contributed by atoms with E-state index in [2.05, 4.69) is 42.7 Å². The molecule has 0 radical (unpaired) electrons. The van der Waals surface area contributed by atoms with E-state index < -0.39 is 0 Å². The van der Waals surface area contributed by atoms with Crippen molar-refractivity contribution in [2.24, 2.45) is 0 Å². The van der Waals surface area contributed by atoms with Crippen LogP contribution in [-0.2, 0) is 13.0 Å². The number of hydrogen-bond acceptors (Lipinski definition) is 3. The van der Waals surface area contributed by atoms with Gasteiger partial charge in [0.05, 0.1) is 14.2 Å². The van der Waals surface area contributed by atoms with E-state index >= 15 is 0 Å². The topological polar surface area (TPSA) is 59.6 Å². The summed E-state index contributed by atoms with van der Waals surface area (Å²) in [5.74, 6) is 1.32. The van der Waals surface area contributed by atoms with E-state index in [-0.39, 0.29) is 6.03 Å². The highest BCUT2D eigenvalue weighted by Gasteiger charge is 2.06. The number of urea groups is 1. The minimum atomic E-state index is -0.181. The molecule has 2 amide bonds. The van der Waals surface area contributed by atoms with E-state index in [1.165, 1.54) is 16.7 Å². The summed E-state index contributed by atoms with van der Waals surface area (Å²) in [5, 5.41) is 5.74. The van der Waals surface area contributed by atoms with Crippen LogP contribution in [0.5, 0.6) is 11.5 Å². The molecule has 0 aliphatic carbocycles. The highest BCUT2D eigenvalue weighted by molar-refractivity contribution is 5.73. The number of carbonyl (C=O) groups excluding carboxylic acids is 1. The predicted octanol–water partition coefficient (Wildman–Crippen LogP) is 3.36. The molecule has 5 nitrogen and oxygen atoms in total. The van der Waals surface area contributed by atoms with Crippen molar-refractivity contribution in [2.75, 3.05) is 20.8 Å². The Morgan fingerprint density at radius 3 is 2.40 bits per heavy atom. The van der Waals surface area contributed by atoms with Crippen LogP contribution in [0.2, 0.25) is 0 Å². The van der Waals surface area contributed by atoms with Crippen LogP contribution in [-0.4, -0.2) is 26.8 Å². The van der Waals surface area contributed by atoms with Gasteiger partial charge in [0.1, 0.15) is 0 Å². The average molecular weight is 342 g/mol. The average Bonchev–Trinajstić information content (AvgIpc) is 2.61. The molecule has 0 bridgehead atoms. The summed E-state index contributed by atoms with van der Waals surface area (Å²) in [7, 11) is 3.19. The van der Waals surface area contributed by atoms with Crippen molar-refractivity contribution >= 4 is 6.03 Å². The summed E-state index contributed by atoms with van der Waals surface area (Å²) in [6.07, 6.45) is 0.815. The molecule has 0 unspecified atom stereocenters. The first kappa shape index (κ1) is 18.6. The molecule has 2 rings (SSSR count). The van der Waals surface area contributed by atoms with Crippen LogP contribution >= 0.6 is 0 Å². The van der Waals surface area contributed by atoms with E-state index in [9.17, 15) is 4.79 Å². The molecule has 0 saturated carbocycles. The fraction of sp³-hybridized carbons (Fsp3) is 0.350. The molecule has 0 spiro atoms. The summed E-state index contributed by atoms with van der Waals surface area (Å²) in [6.45, 7) is 5.20. The number of methoxy groups -OCH3 is 2. The summed E-state index contributed by atoms with van der Waals surface area (Å²) >= 11 is 0. The monoisotopic (exact) mass is 342 g/mol. The van der Waals surface area contributed by atoms with Crippen LogP contribution in [0.25, 0.3) is 0 Å². The lowest BCUT2D eigenvalue weighted by Gasteiger charge is -2.11. The first-order valence-corrected chi connectivity index (χ1v) is 8.32. The first-order valence-electron chi connectivity index (χ1n) is 8.32. The van der Waals surface area contributed by atoms with Gasteiger partial charge in [0.15, 0.2) is 11.5 Å². The minimum Gasteiger partial charge on any atom is -0.493 e. The molecule has 0 heterocycles. The van der Waals surface area contributed by atoms with Crippen LogP contribution < -0.4 is 20.1 Å². The zero-order chi connectivity index (χ0) is 18.2. The van der Waals surface area contributed by atoms with Crippen LogP contribution in [0.1, 0.15) is 22.3 Å². The number of carbonyl (C=O) groups is 1. The third-order valence-electron chi connectivity index (χ3n) is 4.08. The lowest BCUT2D eigenvalue weighted by molar-refractivity contribution is 0.240. The van der Waals surface area contributed by atoms with Crippen LogP contribution in [0, 0.1) is 13.8 Å². The SMILES string of the molecule is COc1ccc(CNC(=O)NCCc2ccc(C)cc2C)cc1OC. The van der Waals surface area contributed by atoms with Crippen molar-refractivity contribution < 1.29 is 14.3 Å². The standard InChI is InChI=1S/C20H26N2O3/c1-14-5-7-17(15(2)11-14)9-10-21-20(23)22-13-16-6-8-18(24-3)19(12-16)25-4/h5-8,11-12H,9-10,13H2,1-4H3,(H2,21,22,23). The second-order valence-corrected chi connectivity index (χ2v) is 5.98. The van der Waals surface area contributed by atoms with Gasteiger partial charge in [-0.25, -0.2) is 4.79 Å². The molecule has 0 fully saturated rings. The van der Waals surface area contributed by atoms with Gasteiger partial charge in [0.2, 0.25) is 0 Å². The van der Waals surface area contributed by atoms with Crippen molar-refractivity contribution in [3.05, 3.63) is 58.7 Å². The van der Waals surface area contributed by atoms with E-state index in [4.69, 9.17) is 9.47 Å². The third-order valence-corrected chi connectivity index (χ3v) is 4.08. The van der Waals surface area contributed by atoms with Crippen LogP contribution in [0.15, 0.2) is 36.4 Å². The molecule has 25 heavy (non-hydrogen) atoms. The highest BCUT2D eigenvalue weighted by Crippen LogP contribution is 2.27. The van der Waals surface area contributed by atoms with Gasteiger partial charge >= 0.3 is 6.03 Å². The number of amides is 2. The van der Waals surface area contributed by atoms with E-state index in [0.29, 0.717) is 24.6 Å². The summed E-state index contributed by atoms with van der Waals surface area (Å²) in [4.78, 5) is 11.9. The largest absolute Gasteiger partial charge is 0.493 e. The van der Waals surface area contributed by atoms with Gasteiger partial charge in [-0.05, 0) is 49.1 Å². The lowest BCUT2D eigenvalue weighted by atomic mass is 10.0. The third kappa shape index (κ3) is 5.41. The Kier molecular flexibility index (Phi) is 6.69. The minimum absolute atomic E-state index is 0.181. The first-order chi connectivity index (χ1) is 12.0. The highest BCUT2D eigenvalue weighted by atomic mass is 16.5. The van der Waals surface area contributed by atoms with Gasteiger partial charge in [0, 0.05) is 13.1 Å². The van der Waals surface area contributed by atoms with Crippen molar-refractivity contribution in [3.8, 4) is 11.5 Å². The van der Waals surface area contributed by atoms with Gasteiger partial charge in [-0.1, -0.05) is 29.8 Å². The summed E-state index contributed by atoms with van der Waals surface area (Å²) in [6, 6.07) is 11.8. The van der Waals surface area contributed by atoms with Gasteiger partial charge in [-0.2, -0.15) is 0 Å². The molecule has 0 aromatic heterocycles. The van der Waals surface area contributed by atoms with E-state index in [0.717, 1.165) is 12.0 Å². The number of aryl methyl sites for hydroxylation is 2. The Labute approximate surface area is 149 Å². The number of nitrogens with one attached hydrogen (secondary N) is 2. The van der Waals surface area contributed by atoms with Crippen molar-refractivity contribution in [1.82, 2.24) is 10.6 Å². The lowest BCUT2D eigenvalue weighted by Crippen LogP contribution is -2.36. The molecule has 0 aliphatic rings. The number of hydrogen-bond donors (Lipinski definition) is 2. The fourth-order valence-electron chi connectivity index (χ4n) is 2.67. The fourth-order valence-corrected chi connectivity index (χ4v) is 2.67. The maximum absolute atomic E-state index is 11.9. The molecule has 5 heteroatoms. The van der Waals surface area contributed by atoms with Gasteiger partial charge < -0.3 is 20.1 Å². The predicted molar refractivity (Wildman–Crippen MR) is 99.4 cm³/mol. The molecule has 0 aliphatic heterocycles. The molecule has 2 N–H and O–H groups in total. The Hall–Kier alpha value is -2.69. The van der Waals surface area contributed by atoms with Crippen LogP contribution in [0.4, 0.5) is 4.79 Å². The Bertz CT molecular complexity index is 729. The normalized spacial score (nSPS) is 10.2. The maximum Gasteiger partial charge on any atom is 0.315 e. The number of benzene rings is 2. The van der Waals surface area contributed by atoms with Crippen molar-refractivity contribution in [1.29, 1.82) is 0 Å². The van der Waals surface area contributed by atoms with Gasteiger partial charge in [-0.3, -0.25) is 0 Å². The smallest absolute Gasteiger partial charge is 0.315 e. The second-order valence-electron chi connectivity index (χ2n) is 5.98. The summed E-state index contributed by atoms with van der Waals surface area (Å²) in [5.41, 5.74) is 4.71. The Balaban J connectivity index is 1.79. The number of rotatable bonds is 7. The molecule has 0 saturated heterocycles. The van der Waals surface area contributed by atoms with Gasteiger partial charge in [0.25, 0.3) is 0 Å². The molecule has 0 atom stereocenters. The molecule has 134 valence electrons. The van der Waals surface area contributed by atoms with Crippen molar-refractivity contribution in [3.63, 3.8) is 0 Å². The van der Waals surface area contributed by atoms with Gasteiger partial charge in [-0.15, -0.1) is 0 Å². The zero-order valence-electron chi connectivity index (χ0n) is 15.3. The van der Waals surface area contributed by atoms with E-state index in [1.54, 1.807) is 14.2 Å².